The number of para-hydroxylation sites is 1. The zero-order valence-electron chi connectivity index (χ0n) is 11.7. The second kappa shape index (κ2) is 10.8. The first-order chi connectivity index (χ1) is 10.9. The lowest BCUT2D eigenvalue weighted by atomic mass is 10.0. The van der Waals surface area contributed by atoms with Crippen molar-refractivity contribution in [2.45, 2.75) is 6.42 Å². The lowest BCUT2D eigenvalue weighted by Crippen LogP contribution is -2.12. The van der Waals surface area contributed by atoms with E-state index < -0.39 is 15.5 Å². The van der Waals surface area contributed by atoms with Crippen molar-refractivity contribution >= 4 is 66.2 Å². The highest BCUT2D eigenvalue weighted by Gasteiger charge is 2.18. The van der Waals surface area contributed by atoms with Gasteiger partial charge >= 0.3 is 0 Å². The van der Waals surface area contributed by atoms with E-state index in [2.05, 4.69) is 50.7 Å². The van der Waals surface area contributed by atoms with E-state index in [9.17, 15) is 0 Å². The van der Waals surface area contributed by atoms with Crippen LogP contribution in [0.2, 0.25) is 0 Å². The Morgan fingerprint density at radius 1 is 1.09 bits per heavy atom. The van der Waals surface area contributed by atoms with Crippen molar-refractivity contribution in [3.63, 3.8) is 0 Å². The largest absolute Gasteiger partial charge is 0.358 e. The van der Waals surface area contributed by atoms with E-state index in [1.165, 1.54) is 22.2 Å². The summed E-state index contributed by atoms with van der Waals surface area (Å²) in [6.45, 7) is 0.849. The maximum atomic E-state index is 7.44. The molecule has 128 valence electrons. The molecule has 11 heteroatoms. The van der Waals surface area contributed by atoms with Gasteiger partial charge in [-0.2, -0.15) is 0 Å². The van der Waals surface area contributed by atoms with Crippen molar-refractivity contribution in [2.75, 3.05) is 12.4 Å². The highest BCUT2D eigenvalue weighted by Crippen LogP contribution is 2.28. The fourth-order valence-corrected chi connectivity index (χ4v) is 2.42. The van der Waals surface area contributed by atoms with Gasteiger partial charge in [-0.25, -0.2) is 0 Å². The van der Waals surface area contributed by atoms with Gasteiger partial charge in [0.05, 0.1) is 11.6 Å². The molecule has 0 radical (unpaired) electrons. The first kappa shape index (κ1) is 21.0. The molecule has 0 fully saturated rings. The highest BCUT2D eigenvalue weighted by molar-refractivity contribution is 7.74. The predicted molar refractivity (Wildman–Crippen MR) is 98.5 cm³/mol. The van der Waals surface area contributed by atoms with Crippen LogP contribution in [-0.2, 0) is 6.42 Å². The minimum absolute atomic E-state index is 0.495. The van der Waals surface area contributed by atoms with E-state index >= 15 is 0 Å². The van der Waals surface area contributed by atoms with Gasteiger partial charge in [-0.05, 0) is 28.5 Å². The number of H-pyrrole nitrogens is 1. The summed E-state index contributed by atoms with van der Waals surface area (Å²) in [6.07, 6.45) is 0.990. The molecular formula is C12H15Cl3N2O4P2. The molecular weight excluding hydrogens is 404 g/mol. The normalized spacial score (nSPS) is 13.0. The number of fused-ring (bicyclic) bond motifs is 3. The summed E-state index contributed by atoms with van der Waals surface area (Å²) >= 11 is 14.8. The van der Waals surface area contributed by atoms with Crippen molar-refractivity contribution in [1.29, 1.82) is 0 Å². The number of hydrogen-bond donors (Lipinski definition) is 5. The van der Waals surface area contributed by atoms with Crippen molar-refractivity contribution < 1.29 is 19.6 Å². The maximum Gasteiger partial charge on any atom is 0.271 e. The Hall–Kier alpha value is 0.0000000000000000555. The second-order valence-corrected chi connectivity index (χ2v) is 7.26. The summed E-state index contributed by atoms with van der Waals surface area (Å²) in [6, 6.07) is 8.32. The molecule has 0 saturated heterocycles. The molecule has 0 amide bonds. The summed E-state index contributed by atoms with van der Waals surface area (Å²) in [5.74, 6) is 0.495. The van der Waals surface area contributed by atoms with Crippen LogP contribution in [0.25, 0.3) is 10.9 Å². The molecule has 0 atom stereocenters. The van der Waals surface area contributed by atoms with Gasteiger partial charge in [0.1, 0.15) is 0 Å². The highest BCUT2D eigenvalue weighted by atomic mass is 35.7. The Labute approximate surface area is 150 Å². The molecule has 0 bridgehead atoms. The number of halogens is 3. The summed E-state index contributed by atoms with van der Waals surface area (Å²) in [7, 11) is -4.30. The van der Waals surface area contributed by atoms with E-state index in [-0.39, 0.29) is 0 Å². The van der Waals surface area contributed by atoms with Crippen LogP contribution in [0.1, 0.15) is 11.3 Å². The fraction of sp³-hybridized carbons (Fsp3) is 0.250. The van der Waals surface area contributed by atoms with Crippen LogP contribution < -0.4 is 0 Å². The molecule has 1 aromatic carbocycles. The molecule has 0 saturated carbocycles. The van der Waals surface area contributed by atoms with E-state index in [1.54, 1.807) is 0 Å². The Balaban J connectivity index is 0.000000281. The minimum atomic E-state index is -2.15. The Morgan fingerprint density at radius 2 is 1.65 bits per heavy atom. The molecule has 2 heterocycles. The van der Waals surface area contributed by atoms with E-state index in [4.69, 9.17) is 31.2 Å². The topological polar surface area (TPSA) is 109 Å². The fourth-order valence-electron chi connectivity index (χ4n) is 2.21. The lowest BCUT2D eigenvalue weighted by Gasteiger charge is -2.10. The summed E-state index contributed by atoms with van der Waals surface area (Å²) in [5.41, 5.74) is 4.71. The van der Waals surface area contributed by atoms with Gasteiger partial charge in [0.2, 0.25) is 0 Å². The molecule has 6 nitrogen and oxygen atoms in total. The second-order valence-electron chi connectivity index (χ2n) is 4.22. The van der Waals surface area contributed by atoms with Gasteiger partial charge < -0.3 is 24.6 Å². The van der Waals surface area contributed by atoms with Crippen molar-refractivity contribution in [3.8, 4) is 0 Å². The third-order valence-corrected chi connectivity index (χ3v) is 3.12. The summed E-state index contributed by atoms with van der Waals surface area (Å²) < 4.78 is 0. The van der Waals surface area contributed by atoms with Gasteiger partial charge in [-0.15, -0.1) is 11.6 Å². The number of rotatable bonds is 1. The average Bonchev–Trinajstić information content (AvgIpc) is 2.84. The molecule has 0 unspecified atom stereocenters. The summed E-state index contributed by atoms with van der Waals surface area (Å²) in [5, 5.41) is 1.24. The maximum absolute atomic E-state index is 7.44. The first-order valence-electron chi connectivity index (χ1n) is 6.23. The lowest BCUT2D eigenvalue weighted by molar-refractivity contribution is 0.502. The molecule has 3 rings (SSSR count). The summed E-state index contributed by atoms with van der Waals surface area (Å²) in [4.78, 5) is 37.7. The molecule has 1 aromatic heterocycles. The van der Waals surface area contributed by atoms with Crippen LogP contribution in [-0.4, -0.2) is 42.7 Å². The smallest absolute Gasteiger partial charge is 0.271 e. The third-order valence-electron chi connectivity index (χ3n) is 2.86. The van der Waals surface area contributed by atoms with E-state index in [0.717, 1.165) is 18.7 Å². The molecule has 2 aromatic rings. The zero-order valence-corrected chi connectivity index (χ0v) is 15.8. The van der Waals surface area contributed by atoms with Gasteiger partial charge in [-0.3, -0.25) is 4.99 Å². The molecule has 1 aliphatic rings. The van der Waals surface area contributed by atoms with Crippen LogP contribution in [0.4, 0.5) is 0 Å². The zero-order chi connectivity index (χ0) is 17.4. The predicted octanol–water partition coefficient (Wildman–Crippen LogP) is 3.63. The monoisotopic (exact) mass is 418 g/mol. The number of aliphatic imine (C=N–C) groups is 1. The number of benzene rings is 1. The van der Waals surface area contributed by atoms with Gasteiger partial charge in [0.15, 0.2) is 0 Å². The molecule has 0 spiro atoms. The van der Waals surface area contributed by atoms with E-state index in [0.29, 0.717) is 5.88 Å². The van der Waals surface area contributed by atoms with Crippen molar-refractivity contribution in [2.24, 2.45) is 4.99 Å². The Bertz CT molecular complexity index is 641. The molecule has 0 aliphatic carbocycles. The van der Waals surface area contributed by atoms with Gasteiger partial charge in [-0.1, -0.05) is 18.2 Å². The van der Waals surface area contributed by atoms with Crippen molar-refractivity contribution in [3.05, 3.63) is 35.5 Å². The quantitative estimate of drug-likeness (QED) is 0.359. The van der Waals surface area contributed by atoms with Crippen LogP contribution in [0.15, 0.2) is 29.3 Å². The van der Waals surface area contributed by atoms with Crippen LogP contribution in [0.5, 0.6) is 0 Å². The number of nitrogens with one attached hydrogen (secondary N) is 1. The number of alkyl halides is 1. The van der Waals surface area contributed by atoms with Crippen LogP contribution in [0, 0.1) is 0 Å². The SMILES string of the molecule is ClCC1=NCCc2[nH]c3ccccc3c21.OP(O)Cl.OP(O)Cl. The molecule has 5 N–H and O–H groups in total. The number of aromatic amines is 1. The third kappa shape index (κ3) is 7.18. The van der Waals surface area contributed by atoms with Gasteiger partial charge in [0, 0.05) is 35.1 Å². The number of nitrogens with zero attached hydrogens (tertiary/aromatic N) is 1. The van der Waals surface area contributed by atoms with Crippen molar-refractivity contribution in [1.82, 2.24) is 4.98 Å². The number of aromatic nitrogens is 1. The van der Waals surface area contributed by atoms with Gasteiger partial charge in [0.25, 0.3) is 15.5 Å². The first-order valence-corrected chi connectivity index (χ1v) is 11.1. The molecule has 1 aliphatic heterocycles. The average molecular weight is 420 g/mol. The number of hydrogen-bond acceptors (Lipinski definition) is 5. The Kier molecular flexibility index (Phi) is 9.86. The minimum Gasteiger partial charge on any atom is -0.358 e. The Morgan fingerprint density at radius 3 is 2.22 bits per heavy atom. The van der Waals surface area contributed by atoms with E-state index in [1.807, 2.05) is 6.07 Å². The van der Waals surface area contributed by atoms with Crippen LogP contribution in [0.3, 0.4) is 0 Å². The standard InChI is InChI=1S/C12H11ClN2.2ClH2O2P/c13-7-11-12-8-3-1-2-4-9(8)15-10(12)5-6-14-11;2*1-4(2)3/h1-4,15H,5-7H2;2*2-3H. The molecule has 23 heavy (non-hydrogen) atoms. The van der Waals surface area contributed by atoms with Crippen LogP contribution >= 0.6 is 49.5 Å².